The number of aromatic nitrogens is 1. The zero-order chi connectivity index (χ0) is 20.1. The molecular weight excluding hydrogens is 378 g/mol. The minimum Gasteiger partial charge on any atom is -0.325 e. The van der Waals surface area contributed by atoms with Crippen molar-refractivity contribution in [2.24, 2.45) is 0 Å². The van der Waals surface area contributed by atoms with Crippen LogP contribution < -0.4 is 10.9 Å². The Labute approximate surface area is 165 Å². The van der Waals surface area contributed by atoms with Gasteiger partial charge in [-0.3, -0.25) is 9.59 Å². The summed E-state index contributed by atoms with van der Waals surface area (Å²) < 4.78 is 28.1. The molecule has 3 rings (SSSR count). The molecule has 0 spiro atoms. The highest BCUT2D eigenvalue weighted by Gasteiger charge is 2.28. The lowest BCUT2D eigenvalue weighted by Gasteiger charge is -2.25. The highest BCUT2D eigenvalue weighted by molar-refractivity contribution is 7.89. The molecule has 0 unspecified atom stereocenters. The summed E-state index contributed by atoms with van der Waals surface area (Å²) in [6.45, 7) is 2.64. The van der Waals surface area contributed by atoms with Gasteiger partial charge in [0.25, 0.3) is 5.56 Å². The quantitative estimate of drug-likeness (QED) is 0.801. The van der Waals surface area contributed by atoms with Crippen molar-refractivity contribution >= 4 is 21.6 Å². The first-order chi connectivity index (χ1) is 13.4. The molecule has 0 atom stereocenters. The lowest BCUT2D eigenvalue weighted by molar-refractivity contribution is -0.116. The van der Waals surface area contributed by atoms with Gasteiger partial charge in [0.05, 0.1) is 0 Å². The van der Waals surface area contributed by atoms with Crippen molar-refractivity contribution in [2.75, 3.05) is 18.4 Å². The van der Waals surface area contributed by atoms with E-state index in [0.29, 0.717) is 18.8 Å². The van der Waals surface area contributed by atoms with Crippen molar-refractivity contribution in [3.63, 3.8) is 0 Å². The second-order valence-electron chi connectivity index (χ2n) is 6.87. The number of pyridine rings is 1. The molecule has 1 amide bonds. The molecule has 1 aromatic carbocycles. The van der Waals surface area contributed by atoms with Crippen LogP contribution in [0.15, 0.2) is 52.3 Å². The Bertz CT molecular complexity index is 991. The Hall–Kier alpha value is -2.45. The Kier molecular flexibility index (Phi) is 6.31. The van der Waals surface area contributed by atoms with E-state index in [1.54, 1.807) is 12.1 Å². The molecule has 0 radical (unpaired) electrons. The summed E-state index contributed by atoms with van der Waals surface area (Å²) in [6.07, 6.45) is 4.91. The average molecular weight is 404 g/mol. The molecule has 1 aromatic heterocycles. The van der Waals surface area contributed by atoms with Crippen LogP contribution in [0.1, 0.15) is 31.7 Å². The monoisotopic (exact) mass is 403 g/mol. The second kappa shape index (κ2) is 8.70. The predicted molar refractivity (Wildman–Crippen MR) is 108 cm³/mol. The van der Waals surface area contributed by atoms with E-state index in [-0.39, 0.29) is 17.3 Å². The number of nitrogens with one attached hydrogen (secondary N) is 1. The topological polar surface area (TPSA) is 88.5 Å². The molecule has 150 valence electrons. The van der Waals surface area contributed by atoms with Crippen LogP contribution >= 0.6 is 0 Å². The molecule has 1 aliphatic heterocycles. The average Bonchev–Trinajstić information content (AvgIpc) is 2.70. The van der Waals surface area contributed by atoms with Gasteiger partial charge < -0.3 is 9.88 Å². The van der Waals surface area contributed by atoms with Crippen molar-refractivity contribution in [2.45, 2.75) is 44.0 Å². The number of carbonyl (C=O) groups is 1. The molecule has 7 nitrogen and oxygen atoms in total. The van der Waals surface area contributed by atoms with Gasteiger partial charge in [0.1, 0.15) is 11.4 Å². The van der Waals surface area contributed by atoms with Gasteiger partial charge in [-0.05, 0) is 49.1 Å². The van der Waals surface area contributed by atoms with Crippen molar-refractivity contribution in [1.29, 1.82) is 0 Å². The van der Waals surface area contributed by atoms with Crippen LogP contribution in [0.5, 0.6) is 0 Å². The van der Waals surface area contributed by atoms with Gasteiger partial charge in [0, 0.05) is 25.0 Å². The largest absolute Gasteiger partial charge is 0.325 e. The van der Waals surface area contributed by atoms with Gasteiger partial charge in [0.15, 0.2) is 0 Å². The molecule has 1 saturated heterocycles. The SMILES string of the molecule is CCc1ccc(NC(=O)Cn2cccc(S(=O)(=O)N3CCCCC3)c2=O)cc1. The molecule has 0 aliphatic carbocycles. The van der Waals surface area contributed by atoms with Crippen LogP contribution in [0.4, 0.5) is 5.69 Å². The van der Waals surface area contributed by atoms with Crippen molar-refractivity contribution in [3.8, 4) is 0 Å². The minimum absolute atomic E-state index is 0.252. The fourth-order valence-corrected chi connectivity index (χ4v) is 4.86. The minimum atomic E-state index is -3.85. The number of anilines is 1. The van der Waals surface area contributed by atoms with Crippen LogP contribution in [0.2, 0.25) is 0 Å². The molecule has 1 N–H and O–H groups in total. The maximum absolute atomic E-state index is 12.8. The summed E-state index contributed by atoms with van der Waals surface area (Å²) in [5.41, 5.74) is 1.11. The predicted octanol–water partition coefficient (Wildman–Crippen LogP) is 2.22. The summed E-state index contributed by atoms with van der Waals surface area (Å²) in [5.74, 6) is -0.390. The number of benzene rings is 1. The lowest BCUT2D eigenvalue weighted by atomic mass is 10.1. The normalized spacial score (nSPS) is 15.3. The third kappa shape index (κ3) is 4.51. The van der Waals surface area contributed by atoms with Gasteiger partial charge in [0.2, 0.25) is 15.9 Å². The fourth-order valence-electron chi connectivity index (χ4n) is 3.26. The third-order valence-electron chi connectivity index (χ3n) is 4.88. The number of nitrogens with zero attached hydrogens (tertiary/aromatic N) is 2. The number of hydrogen-bond donors (Lipinski definition) is 1. The first-order valence-corrected chi connectivity index (χ1v) is 10.9. The molecule has 0 bridgehead atoms. The van der Waals surface area contributed by atoms with E-state index in [1.165, 1.54) is 22.6 Å². The molecule has 0 saturated carbocycles. The smallest absolute Gasteiger partial charge is 0.271 e. The van der Waals surface area contributed by atoms with Crippen molar-refractivity contribution < 1.29 is 13.2 Å². The molecule has 2 aromatic rings. The highest BCUT2D eigenvalue weighted by atomic mass is 32.2. The summed E-state index contributed by atoms with van der Waals surface area (Å²) in [6, 6.07) is 10.3. The lowest BCUT2D eigenvalue weighted by Crippen LogP contribution is -2.39. The van der Waals surface area contributed by atoms with Crippen molar-refractivity contribution in [1.82, 2.24) is 8.87 Å². The van der Waals surface area contributed by atoms with Gasteiger partial charge >= 0.3 is 0 Å². The standard InChI is InChI=1S/C20H25N3O4S/c1-2-16-8-10-17(11-9-16)21-19(24)15-22-12-6-7-18(20(22)25)28(26,27)23-13-4-3-5-14-23/h6-12H,2-5,13-15H2,1H3,(H,21,24). The van der Waals surface area contributed by atoms with E-state index in [4.69, 9.17) is 0 Å². The van der Waals surface area contributed by atoms with Gasteiger partial charge in [-0.2, -0.15) is 4.31 Å². The Morgan fingerprint density at radius 2 is 1.75 bits per heavy atom. The van der Waals surface area contributed by atoms with Crippen molar-refractivity contribution in [3.05, 3.63) is 58.5 Å². The van der Waals surface area contributed by atoms with Crippen LogP contribution in [0.3, 0.4) is 0 Å². The van der Waals surface area contributed by atoms with E-state index in [2.05, 4.69) is 5.32 Å². The molecule has 2 heterocycles. The number of rotatable bonds is 6. The van der Waals surface area contributed by atoms with Crippen LogP contribution in [0, 0.1) is 0 Å². The Morgan fingerprint density at radius 1 is 1.07 bits per heavy atom. The first-order valence-electron chi connectivity index (χ1n) is 9.50. The number of piperidine rings is 1. The summed E-state index contributed by atoms with van der Waals surface area (Å²) in [5, 5.41) is 2.73. The third-order valence-corrected chi connectivity index (χ3v) is 6.79. The fraction of sp³-hybridized carbons (Fsp3) is 0.400. The molecule has 8 heteroatoms. The Morgan fingerprint density at radius 3 is 2.39 bits per heavy atom. The van der Waals surface area contributed by atoms with E-state index in [0.717, 1.165) is 35.8 Å². The van der Waals surface area contributed by atoms with Crippen LogP contribution in [-0.4, -0.2) is 36.3 Å². The maximum atomic E-state index is 12.8. The number of aryl methyl sites for hydroxylation is 1. The summed E-state index contributed by atoms with van der Waals surface area (Å²) in [7, 11) is -3.85. The highest BCUT2D eigenvalue weighted by Crippen LogP contribution is 2.18. The van der Waals surface area contributed by atoms with Gasteiger partial charge in [-0.1, -0.05) is 25.5 Å². The van der Waals surface area contributed by atoms with Crippen LogP contribution in [0.25, 0.3) is 0 Å². The van der Waals surface area contributed by atoms with Crippen LogP contribution in [-0.2, 0) is 27.8 Å². The molecule has 28 heavy (non-hydrogen) atoms. The number of hydrogen-bond acceptors (Lipinski definition) is 4. The molecule has 1 aliphatic rings. The van der Waals surface area contributed by atoms with E-state index < -0.39 is 15.6 Å². The van der Waals surface area contributed by atoms with Gasteiger partial charge in [-0.25, -0.2) is 8.42 Å². The Balaban J connectivity index is 1.76. The van der Waals surface area contributed by atoms with Gasteiger partial charge in [-0.15, -0.1) is 0 Å². The first kappa shape index (κ1) is 20.3. The number of carbonyl (C=O) groups excluding carboxylic acids is 1. The van der Waals surface area contributed by atoms with E-state index in [1.807, 2.05) is 19.1 Å². The summed E-state index contributed by atoms with van der Waals surface area (Å²) in [4.78, 5) is 24.7. The zero-order valence-corrected chi connectivity index (χ0v) is 16.7. The zero-order valence-electron chi connectivity index (χ0n) is 15.9. The summed E-state index contributed by atoms with van der Waals surface area (Å²) >= 11 is 0. The number of amides is 1. The maximum Gasteiger partial charge on any atom is 0.271 e. The van der Waals surface area contributed by atoms with E-state index in [9.17, 15) is 18.0 Å². The second-order valence-corrected chi connectivity index (χ2v) is 8.78. The van der Waals surface area contributed by atoms with E-state index >= 15 is 0 Å². The number of sulfonamides is 1. The molecule has 1 fully saturated rings. The molecular formula is C20H25N3O4S.